The Kier molecular flexibility index (Phi) is 3.43. The molecule has 0 spiro atoms. The van der Waals surface area contributed by atoms with Crippen LogP contribution >= 0.6 is 0 Å². The molecule has 1 aliphatic rings. The fourth-order valence-corrected chi connectivity index (χ4v) is 2.99. The molecule has 104 valence electrons. The molecule has 2 aromatic rings. The number of hydrogen-bond donors (Lipinski definition) is 1. The van der Waals surface area contributed by atoms with Gasteiger partial charge in [-0.3, -0.25) is 0 Å². The molecule has 0 aliphatic heterocycles. The second kappa shape index (κ2) is 5.23. The molecule has 0 saturated carbocycles. The van der Waals surface area contributed by atoms with Gasteiger partial charge in [-0.1, -0.05) is 24.3 Å². The molecule has 3 nitrogen and oxygen atoms in total. The molecule has 3 heteroatoms. The second-order valence-corrected chi connectivity index (χ2v) is 5.60. The zero-order valence-corrected chi connectivity index (χ0v) is 12.4. The van der Waals surface area contributed by atoms with Gasteiger partial charge in [0.05, 0.1) is 0 Å². The van der Waals surface area contributed by atoms with E-state index in [0.717, 1.165) is 42.2 Å². The number of benzene rings is 1. The molecule has 1 N–H and O–H groups in total. The molecule has 1 unspecified atom stereocenters. The van der Waals surface area contributed by atoms with Gasteiger partial charge in [0.25, 0.3) is 0 Å². The van der Waals surface area contributed by atoms with Gasteiger partial charge in [0.2, 0.25) is 0 Å². The van der Waals surface area contributed by atoms with Gasteiger partial charge in [0.1, 0.15) is 11.6 Å². The fourth-order valence-electron chi connectivity index (χ4n) is 2.99. The summed E-state index contributed by atoms with van der Waals surface area (Å²) < 4.78 is 0. The van der Waals surface area contributed by atoms with E-state index in [9.17, 15) is 0 Å². The number of nitrogens with one attached hydrogen (secondary N) is 1. The van der Waals surface area contributed by atoms with E-state index in [-0.39, 0.29) is 0 Å². The number of aromatic nitrogens is 2. The number of fused-ring (bicyclic) bond motifs is 1. The summed E-state index contributed by atoms with van der Waals surface area (Å²) in [6, 6.07) is 8.74. The van der Waals surface area contributed by atoms with E-state index in [4.69, 9.17) is 9.97 Å². The highest BCUT2D eigenvalue weighted by atomic mass is 15.0. The zero-order valence-electron chi connectivity index (χ0n) is 12.4. The first-order chi connectivity index (χ1) is 9.69. The minimum Gasteiger partial charge on any atom is -0.373 e. The van der Waals surface area contributed by atoms with Crippen LogP contribution in [-0.4, -0.2) is 17.0 Å². The zero-order chi connectivity index (χ0) is 14.1. The third-order valence-corrected chi connectivity index (χ3v) is 4.36. The number of anilines is 1. The number of hydrogen-bond acceptors (Lipinski definition) is 3. The van der Waals surface area contributed by atoms with Gasteiger partial charge in [-0.15, -0.1) is 0 Å². The maximum absolute atomic E-state index is 4.73. The smallest absolute Gasteiger partial charge is 0.134 e. The average molecular weight is 267 g/mol. The van der Waals surface area contributed by atoms with Gasteiger partial charge in [0, 0.05) is 24.2 Å². The van der Waals surface area contributed by atoms with E-state index in [0.29, 0.717) is 5.92 Å². The first-order valence-corrected chi connectivity index (χ1v) is 7.28. The molecule has 1 heterocycles. The van der Waals surface area contributed by atoms with Crippen LogP contribution in [-0.2, 0) is 12.8 Å². The monoisotopic (exact) mass is 267 g/mol. The molecule has 0 amide bonds. The van der Waals surface area contributed by atoms with Crippen LogP contribution in [0, 0.1) is 13.8 Å². The molecule has 0 radical (unpaired) electrons. The lowest BCUT2D eigenvalue weighted by Crippen LogP contribution is -2.17. The Morgan fingerprint density at radius 2 is 1.85 bits per heavy atom. The molecule has 0 saturated heterocycles. The summed E-state index contributed by atoms with van der Waals surface area (Å²) in [4.78, 5) is 9.45. The van der Waals surface area contributed by atoms with E-state index in [2.05, 4.69) is 43.4 Å². The van der Waals surface area contributed by atoms with E-state index in [1.807, 2.05) is 7.05 Å². The van der Waals surface area contributed by atoms with Crippen molar-refractivity contribution in [1.82, 2.24) is 9.97 Å². The van der Waals surface area contributed by atoms with Crippen molar-refractivity contribution in [3.63, 3.8) is 0 Å². The van der Waals surface area contributed by atoms with Crippen LogP contribution in [0.15, 0.2) is 24.3 Å². The lowest BCUT2D eigenvalue weighted by Gasteiger charge is -2.24. The Bertz CT molecular complexity index is 634. The molecular formula is C17H21N3. The molecule has 1 aliphatic carbocycles. The second-order valence-electron chi connectivity index (χ2n) is 5.60. The predicted octanol–water partition coefficient (Wildman–Crippen LogP) is 3.41. The van der Waals surface area contributed by atoms with Crippen molar-refractivity contribution in [2.45, 2.75) is 39.0 Å². The summed E-state index contributed by atoms with van der Waals surface area (Å²) in [5.41, 5.74) is 5.17. The topological polar surface area (TPSA) is 37.8 Å². The van der Waals surface area contributed by atoms with Gasteiger partial charge >= 0.3 is 0 Å². The van der Waals surface area contributed by atoms with Crippen molar-refractivity contribution in [1.29, 1.82) is 0 Å². The standard InChI is InChI=1S/C17H21N3/c1-11-12(2)19-17(20-16(11)18-3)15-9-8-13-6-4-5-7-14(13)10-15/h4-7,15H,8-10H2,1-3H3,(H,18,19,20). The predicted molar refractivity (Wildman–Crippen MR) is 82.3 cm³/mol. The summed E-state index contributed by atoms with van der Waals surface area (Å²) in [6.07, 6.45) is 3.33. The van der Waals surface area contributed by atoms with Crippen molar-refractivity contribution in [2.24, 2.45) is 0 Å². The van der Waals surface area contributed by atoms with Crippen LogP contribution in [0.25, 0.3) is 0 Å². The molecule has 3 rings (SSSR count). The van der Waals surface area contributed by atoms with E-state index < -0.39 is 0 Å². The molecule has 1 aromatic heterocycles. The van der Waals surface area contributed by atoms with Crippen LogP contribution < -0.4 is 5.32 Å². The van der Waals surface area contributed by atoms with Gasteiger partial charge in [0.15, 0.2) is 0 Å². The summed E-state index contributed by atoms with van der Waals surface area (Å²) in [5.74, 6) is 2.40. The Balaban J connectivity index is 1.93. The average Bonchev–Trinajstić information content (AvgIpc) is 2.49. The van der Waals surface area contributed by atoms with Crippen LogP contribution in [0.1, 0.15) is 40.5 Å². The number of nitrogens with zero attached hydrogens (tertiary/aromatic N) is 2. The summed E-state index contributed by atoms with van der Waals surface area (Å²) in [6.45, 7) is 4.14. The lowest BCUT2D eigenvalue weighted by atomic mass is 9.83. The Hall–Kier alpha value is -1.90. The number of rotatable bonds is 2. The quantitative estimate of drug-likeness (QED) is 0.906. The molecule has 20 heavy (non-hydrogen) atoms. The summed E-state index contributed by atoms with van der Waals surface area (Å²) in [5, 5.41) is 3.18. The molecule has 0 fully saturated rings. The minimum absolute atomic E-state index is 0.441. The van der Waals surface area contributed by atoms with Gasteiger partial charge < -0.3 is 5.32 Å². The van der Waals surface area contributed by atoms with Crippen molar-refractivity contribution < 1.29 is 0 Å². The minimum atomic E-state index is 0.441. The highest BCUT2D eigenvalue weighted by Crippen LogP contribution is 2.32. The summed E-state index contributed by atoms with van der Waals surface area (Å²) in [7, 11) is 1.93. The van der Waals surface area contributed by atoms with Crippen LogP contribution in [0.4, 0.5) is 5.82 Å². The number of aryl methyl sites for hydroxylation is 2. The third-order valence-electron chi connectivity index (χ3n) is 4.36. The molecule has 1 atom stereocenters. The van der Waals surface area contributed by atoms with Gasteiger partial charge in [-0.05, 0) is 44.2 Å². The first-order valence-electron chi connectivity index (χ1n) is 7.28. The highest BCUT2D eigenvalue weighted by molar-refractivity contribution is 5.45. The van der Waals surface area contributed by atoms with Crippen LogP contribution in [0.5, 0.6) is 0 Å². The lowest BCUT2D eigenvalue weighted by molar-refractivity contribution is 0.553. The first kappa shape index (κ1) is 13.1. The van der Waals surface area contributed by atoms with Crippen molar-refractivity contribution in [3.05, 3.63) is 52.5 Å². The third kappa shape index (κ3) is 2.28. The highest BCUT2D eigenvalue weighted by Gasteiger charge is 2.23. The van der Waals surface area contributed by atoms with E-state index in [1.165, 1.54) is 11.1 Å². The maximum Gasteiger partial charge on any atom is 0.134 e. The van der Waals surface area contributed by atoms with Crippen LogP contribution in [0.2, 0.25) is 0 Å². The fraction of sp³-hybridized carbons (Fsp3) is 0.412. The normalized spacial score (nSPS) is 17.6. The van der Waals surface area contributed by atoms with E-state index >= 15 is 0 Å². The van der Waals surface area contributed by atoms with Crippen LogP contribution in [0.3, 0.4) is 0 Å². The maximum atomic E-state index is 4.73. The largest absolute Gasteiger partial charge is 0.373 e. The van der Waals surface area contributed by atoms with Gasteiger partial charge in [-0.2, -0.15) is 0 Å². The van der Waals surface area contributed by atoms with Gasteiger partial charge in [-0.25, -0.2) is 9.97 Å². The molecular weight excluding hydrogens is 246 g/mol. The SMILES string of the molecule is CNc1nc(C2CCc3ccccc3C2)nc(C)c1C. The Morgan fingerprint density at radius 1 is 1.10 bits per heavy atom. The molecule has 0 bridgehead atoms. The summed E-state index contributed by atoms with van der Waals surface area (Å²) >= 11 is 0. The molecule has 1 aromatic carbocycles. The Morgan fingerprint density at radius 3 is 2.60 bits per heavy atom. The van der Waals surface area contributed by atoms with E-state index in [1.54, 1.807) is 0 Å². The Labute approximate surface area is 120 Å². The van der Waals surface area contributed by atoms with Crippen molar-refractivity contribution in [2.75, 3.05) is 12.4 Å². The van der Waals surface area contributed by atoms with Crippen molar-refractivity contribution in [3.8, 4) is 0 Å². The van der Waals surface area contributed by atoms with Crippen molar-refractivity contribution >= 4 is 5.82 Å².